The number of carbonyl (C=O) groups is 1. The van der Waals surface area contributed by atoms with Gasteiger partial charge in [-0.15, -0.1) is 0 Å². The van der Waals surface area contributed by atoms with Gasteiger partial charge in [-0.1, -0.05) is 0 Å². The smallest absolute Gasteiger partial charge is 0.417 e. The first kappa shape index (κ1) is 24.7. The molecule has 38 heavy (non-hydrogen) atoms. The quantitative estimate of drug-likeness (QED) is 0.474. The first-order valence-corrected chi connectivity index (χ1v) is 11.7. The van der Waals surface area contributed by atoms with E-state index in [0.29, 0.717) is 30.5 Å². The van der Waals surface area contributed by atoms with Crippen LogP contribution >= 0.6 is 0 Å². The highest BCUT2D eigenvalue weighted by Crippen LogP contribution is 2.65. The Hall–Kier alpha value is -3.61. The second-order valence-electron chi connectivity index (χ2n) is 10.2. The van der Waals surface area contributed by atoms with Crippen LogP contribution in [0.3, 0.4) is 0 Å². The average Bonchev–Trinajstić information content (AvgIpc) is 3.29. The molecule has 7 rings (SSSR count). The zero-order valence-electron chi connectivity index (χ0n) is 19.5. The molecule has 3 fully saturated rings. The van der Waals surface area contributed by atoms with Crippen molar-refractivity contribution in [3.8, 4) is 17.0 Å². The van der Waals surface area contributed by atoms with Gasteiger partial charge in [0.1, 0.15) is 5.75 Å². The summed E-state index contributed by atoms with van der Waals surface area (Å²) in [5.74, 6) is -0.426. The molecule has 3 saturated carbocycles. The lowest BCUT2D eigenvalue weighted by molar-refractivity contribution is -0.165. The number of amides is 1. The van der Waals surface area contributed by atoms with Gasteiger partial charge in [0.2, 0.25) is 0 Å². The SMILES string of the molecule is O=C(NC12CC(n3cc(-c4ccc(C(F)(F)F)cn4)cn3)(C1)C2)[C@@H]1C[C@@H](O)c2cc(C(F)(F)F)ccc2O1. The van der Waals surface area contributed by atoms with E-state index in [0.717, 1.165) is 30.5 Å². The van der Waals surface area contributed by atoms with Crippen LogP contribution in [-0.4, -0.2) is 37.4 Å². The normalized spacial score (nSPS) is 28.0. The summed E-state index contributed by atoms with van der Waals surface area (Å²) in [6.07, 6.45) is -5.80. The molecule has 3 heterocycles. The fourth-order valence-electron chi connectivity index (χ4n) is 5.68. The van der Waals surface area contributed by atoms with Gasteiger partial charge in [-0.2, -0.15) is 31.4 Å². The van der Waals surface area contributed by atoms with Crippen LogP contribution in [0.25, 0.3) is 11.3 Å². The van der Waals surface area contributed by atoms with E-state index in [4.69, 9.17) is 4.74 Å². The van der Waals surface area contributed by atoms with Crippen LogP contribution in [-0.2, 0) is 22.7 Å². The number of nitrogens with one attached hydrogen (secondary N) is 1. The van der Waals surface area contributed by atoms with Gasteiger partial charge in [-0.3, -0.25) is 14.5 Å². The molecule has 7 nitrogen and oxygen atoms in total. The van der Waals surface area contributed by atoms with Crippen LogP contribution < -0.4 is 10.1 Å². The molecule has 1 aromatic carbocycles. The lowest BCUT2D eigenvalue weighted by Crippen LogP contribution is -2.79. The van der Waals surface area contributed by atoms with E-state index in [9.17, 15) is 36.2 Å². The monoisotopic (exact) mass is 538 g/mol. The van der Waals surface area contributed by atoms with E-state index in [1.807, 2.05) is 0 Å². The third-order valence-corrected chi connectivity index (χ3v) is 7.54. The predicted octanol–water partition coefficient (Wildman–Crippen LogP) is 4.62. The molecule has 2 bridgehead atoms. The molecule has 200 valence electrons. The van der Waals surface area contributed by atoms with Crippen molar-refractivity contribution in [3.63, 3.8) is 0 Å². The van der Waals surface area contributed by atoms with Crippen molar-refractivity contribution in [3.05, 3.63) is 65.6 Å². The molecular formula is C25H20F6N4O3. The summed E-state index contributed by atoms with van der Waals surface area (Å²) in [4.78, 5) is 16.8. The zero-order chi connectivity index (χ0) is 27.1. The van der Waals surface area contributed by atoms with E-state index in [1.54, 1.807) is 10.9 Å². The number of nitrogens with zero attached hydrogens (tertiary/aromatic N) is 3. The van der Waals surface area contributed by atoms with Crippen molar-refractivity contribution in [1.82, 2.24) is 20.1 Å². The van der Waals surface area contributed by atoms with Gasteiger partial charge < -0.3 is 15.2 Å². The number of hydrogen-bond acceptors (Lipinski definition) is 5. The zero-order valence-corrected chi connectivity index (χ0v) is 19.5. The molecule has 0 radical (unpaired) electrons. The topological polar surface area (TPSA) is 89.3 Å². The fraction of sp³-hybridized carbons (Fsp3) is 0.400. The lowest BCUT2D eigenvalue weighted by atomic mass is 9.44. The highest BCUT2D eigenvalue weighted by molar-refractivity contribution is 5.83. The van der Waals surface area contributed by atoms with Gasteiger partial charge in [0.25, 0.3) is 5.91 Å². The van der Waals surface area contributed by atoms with E-state index >= 15 is 0 Å². The molecular weight excluding hydrogens is 518 g/mol. The number of ether oxygens (including phenoxy) is 1. The standard InChI is InChI=1S/C25H20F6N4O3/c26-24(27,28)14-2-4-19-16(5-14)18(36)6-20(38-19)21(37)34-22-10-23(11-22,12-22)35-9-13(7-33-35)17-3-1-15(8-32-17)25(29,30)31/h1-5,7-9,18,20,36H,6,10-12H2,(H,34,37)/t18-,20+,22?,23?/m1/s1. The van der Waals surface area contributed by atoms with Gasteiger partial charge in [0.15, 0.2) is 6.10 Å². The third kappa shape index (κ3) is 3.99. The average molecular weight is 538 g/mol. The predicted molar refractivity (Wildman–Crippen MR) is 119 cm³/mol. The first-order chi connectivity index (χ1) is 17.8. The number of aliphatic hydroxyl groups excluding tert-OH is 1. The molecule has 1 aliphatic heterocycles. The number of fused-ring (bicyclic) bond motifs is 1. The van der Waals surface area contributed by atoms with Crippen LogP contribution in [0.4, 0.5) is 26.3 Å². The molecule has 0 spiro atoms. The number of alkyl halides is 6. The van der Waals surface area contributed by atoms with Crippen LogP contribution in [0.2, 0.25) is 0 Å². The van der Waals surface area contributed by atoms with Gasteiger partial charge >= 0.3 is 12.4 Å². The minimum absolute atomic E-state index is 0.00892. The Morgan fingerprint density at radius 3 is 2.34 bits per heavy atom. The van der Waals surface area contributed by atoms with Crippen LogP contribution in [0.1, 0.15) is 48.5 Å². The Balaban J connectivity index is 1.08. The number of carbonyl (C=O) groups excluding carboxylic acids is 1. The van der Waals surface area contributed by atoms with Crippen molar-refractivity contribution in [2.24, 2.45) is 0 Å². The minimum atomic E-state index is -4.56. The molecule has 2 atom stereocenters. The second kappa shape index (κ2) is 7.95. The van der Waals surface area contributed by atoms with Gasteiger partial charge in [0.05, 0.1) is 34.7 Å². The maximum Gasteiger partial charge on any atom is 0.417 e. The number of aliphatic hydroxyl groups is 1. The van der Waals surface area contributed by atoms with Crippen molar-refractivity contribution in [2.75, 3.05) is 0 Å². The van der Waals surface area contributed by atoms with E-state index in [1.165, 1.54) is 12.3 Å². The molecule has 3 aromatic rings. The summed E-state index contributed by atoms with van der Waals surface area (Å²) >= 11 is 0. The van der Waals surface area contributed by atoms with Gasteiger partial charge in [0, 0.05) is 35.5 Å². The summed E-state index contributed by atoms with van der Waals surface area (Å²) in [6.45, 7) is 0. The van der Waals surface area contributed by atoms with Crippen molar-refractivity contribution < 1.29 is 41.0 Å². The molecule has 1 amide bonds. The number of halogens is 6. The molecule has 2 aromatic heterocycles. The number of benzene rings is 1. The van der Waals surface area contributed by atoms with E-state index in [-0.39, 0.29) is 23.3 Å². The second-order valence-corrected chi connectivity index (χ2v) is 10.2. The minimum Gasteiger partial charge on any atom is -0.480 e. The van der Waals surface area contributed by atoms with Crippen molar-refractivity contribution >= 4 is 5.91 Å². The Morgan fingerprint density at radius 2 is 1.71 bits per heavy atom. The summed E-state index contributed by atoms with van der Waals surface area (Å²) in [6, 6.07) is 5.03. The Kier molecular flexibility index (Phi) is 5.17. The summed E-state index contributed by atoms with van der Waals surface area (Å²) in [5, 5.41) is 17.7. The largest absolute Gasteiger partial charge is 0.480 e. The maximum absolute atomic E-state index is 13.0. The van der Waals surface area contributed by atoms with E-state index in [2.05, 4.69) is 15.4 Å². The highest BCUT2D eigenvalue weighted by Gasteiger charge is 2.70. The molecule has 2 N–H and O–H groups in total. The molecule has 0 saturated heterocycles. The van der Waals surface area contributed by atoms with Crippen molar-refractivity contribution in [2.45, 2.75) is 61.3 Å². The number of aromatic nitrogens is 3. The van der Waals surface area contributed by atoms with Crippen molar-refractivity contribution in [1.29, 1.82) is 0 Å². The number of pyridine rings is 1. The van der Waals surface area contributed by atoms with Gasteiger partial charge in [-0.25, -0.2) is 0 Å². The summed E-state index contributed by atoms with van der Waals surface area (Å²) in [5.41, 5.74) is -1.64. The molecule has 3 aliphatic carbocycles. The third-order valence-electron chi connectivity index (χ3n) is 7.54. The van der Waals surface area contributed by atoms with Crippen LogP contribution in [0, 0.1) is 0 Å². The van der Waals surface area contributed by atoms with Gasteiger partial charge in [-0.05, 0) is 49.6 Å². The Morgan fingerprint density at radius 1 is 1.03 bits per heavy atom. The first-order valence-electron chi connectivity index (χ1n) is 11.7. The summed E-state index contributed by atoms with van der Waals surface area (Å²) < 4.78 is 84.7. The van der Waals surface area contributed by atoms with E-state index < -0.39 is 47.1 Å². The lowest BCUT2D eigenvalue weighted by Gasteiger charge is -2.70. The summed E-state index contributed by atoms with van der Waals surface area (Å²) in [7, 11) is 0. The molecule has 4 aliphatic rings. The van der Waals surface area contributed by atoms with Crippen LogP contribution in [0.15, 0.2) is 48.9 Å². The Bertz CT molecular complexity index is 1400. The number of rotatable bonds is 4. The highest BCUT2D eigenvalue weighted by atomic mass is 19.4. The Labute approximate surface area is 211 Å². The molecule has 0 unspecified atom stereocenters. The maximum atomic E-state index is 13.0. The van der Waals surface area contributed by atoms with Crippen LogP contribution in [0.5, 0.6) is 5.75 Å². The molecule has 13 heteroatoms. The fourth-order valence-corrected chi connectivity index (χ4v) is 5.68. The number of hydrogen-bond donors (Lipinski definition) is 2.